The first-order valence-electron chi connectivity index (χ1n) is 7.53. The molecule has 1 aliphatic rings. The third-order valence-electron chi connectivity index (χ3n) is 4.25. The van der Waals surface area contributed by atoms with Crippen molar-refractivity contribution in [2.75, 3.05) is 11.5 Å². The van der Waals surface area contributed by atoms with E-state index in [0.29, 0.717) is 0 Å². The van der Waals surface area contributed by atoms with E-state index in [4.69, 9.17) is 0 Å². The molecule has 5 nitrogen and oxygen atoms in total. The van der Waals surface area contributed by atoms with E-state index in [9.17, 15) is 21.2 Å². The van der Waals surface area contributed by atoms with Crippen LogP contribution in [0.2, 0.25) is 0 Å². The third-order valence-corrected chi connectivity index (χ3v) is 8.56. The van der Waals surface area contributed by atoms with Gasteiger partial charge in [-0.25, -0.2) is 21.2 Å². The van der Waals surface area contributed by atoms with Crippen LogP contribution in [0.15, 0.2) is 23.1 Å². The highest BCUT2D eigenvalue weighted by atomic mass is 32.2. The molecule has 0 spiro atoms. The second-order valence-electron chi connectivity index (χ2n) is 6.15. The summed E-state index contributed by atoms with van der Waals surface area (Å²) in [6, 6.07) is 2.81. The Morgan fingerprint density at radius 2 is 2.00 bits per heavy atom. The van der Waals surface area contributed by atoms with Gasteiger partial charge in [0.25, 0.3) is 0 Å². The second kappa shape index (κ2) is 6.49. The number of benzene rings is 1. The maximum absolute atomic E-state index is 13.2. The van der Waals surface area contributed by atoms with E-state index in [1.54, 1.807) is 0 Å². The predicted octanol–water partition coefficient (Wildman–Crippen LogP) is 1.46. The summed E-state index contributed by atoms with van der Waals surface area (Å²) in [4.78, 5) is -0.00282. The molecule has 1 fully saturated rings. The summed E-state index contributed by atoms with van der Waals surface area (Å²) in [7, 11) is -7.29. The third kappa shape index (κ3) is 3.92. The number of halogens is 1. The van der Waals surface area contributed by atoms with E-state index in [1.165, 1.54) is 13.0 Å². The largest absolute Gasteiger partial charge is 0.309 e. The van der Waals surface area contributed by atoms with Gasteiger partial charge in [-0.3, -0.25) is 0 Å². The van der Waals surface area contributed by atoms with Crippen LogP contribution < -0.4 is 5.32 Å². The summed E-state index contributed by atoms with van der Waals surface area (Å²) in [5.74, 6) is -1.11. The summed E-state index contributed by atoms with van der Waals surface area (Å²) < 4.78 is 63.0. The molecule has 0 aromatic heterocycles. The fourth-order valence-electron chi connectivity index (χ4n) is 2.86. The number of hydrogen-bond donors (Lipinski definition) is 1. The van der Waals surface area contributed by atoms with Gasteiger partial charge in [0.2, 0.25) is 0 Å². The second-order valence-corrected chi connectivity index (χ2v) is 10.4. The van der Waals surface area contributed by atoms with Crippen LogP contribution in [0.4, 0.5) is 4.39 Å². The van der Waals surface area contributed by atoms with Crippen LogP contribution in [0.3, 0.4) is 0 Å². The van der Waals surface area contributed by atoms with Crippen LogP contribution in [0, 0.1) is 12.7 Å². The molecule has 0 radical (unpaired) electrons. The Morgan fingerprint density at radius 3 is 2.57 bits per heavy atom. The van der Waals surface area contributed by atoms with Gasteiger partial charge in [-0.05, 0) is 44.0 Å². The molecule has 1 heterocycles. The van der Waals surface area contributed by atoms with Gasteiger partial charge in [0.15, 0.2) is 19.7 Å². The van der Waals surface area contributed by atoms with Gasteiger partial charge in [-0.1, -0.05) is 6.92 Å². The van der Waals surface area contributed by atoms with E-state index in [0.717, 1.165) is 18.6 Å². The van der Waals surface area contributed by atoms with Crippen molar-refractivity contribution in [3.8, 4) is 0 Å². The zero-order valence-electron chi connectivity index (χ0n) is 13.4. The first-order chi connectivity index (χ1) is 10.6. The maximum atomic E-state index is 13.2. The van der Waals surface area contributed by atoms with Crippen molar-refractivity contribution in [1.82, 2.24) is 5.32 Å². The Hall–Kier alpha value is -0.990. The minimum atomic E-state index is -3.87. The first kappa shape index (κ1) is 18.4. The van der Waals surface area contributed by atoms with E-state index in [-0.39, 0.29) is 22.3 Å². The molecule has 0 amide bonds. The van der Waals surface area contributed by atoms with Crippen LogP contribution in [0.25, 0.3) is 0 Å². The standard InChI is InChI=1S/C15H22FNO4S2/c1-4-11(3)17-13-8-22(18,19)9-15(13)23(20,21)14-6-5-12(16)7-10(14)2/h5-7,11,13,15,17H,4,8-9H2,1-3H3/t11?,13-,15-/m0/s1. The van der Waals surface area contributed by atoms with Crippen LogP contribution >= 0.6 is 0 Å². The van der Waals surface area contributed by atoms with Gasteiger partial charge < -0.3 is 5.32 Å². The number of sulfone groups is 2. The molecule has 1 N–H and O–H groups in total. The lowest BCUT2D eigenvalue weighted by Gasteiger charge is -2.23. The van der Waals surface area contributed by atoms with Crippen LogP contribution in [-0.2, 0) is 19.7 Å². The molecule has 0 aliphatic carbocycles. The normalized spacial score (nSPS) is 25.4. The van der Waals surface area contributed by atoms with Gasteiger partial charge >= 0.3 is 0 Å². The Balaban J connectivity index is 2.43. The average molecular weight is 363 g/mol. The molecule has 0 saturated carbocycles. The lowest BCUT2D eigenvalue weighted by atomic mass is 10.2. The van der Waals surface area contributed by atoms with Crippen LogP contribution in [0.1, 0.15) is 25.8 Å². The van der Waals surface area contributed by atoms with Crippen molar-refractivity contribution in [3.63, 3.8) is 0 Å². The summed E-state index contributed by atoms with van der Waals surface area (Å²) in [5, 5.41) is 2.06. The van der Waals surface area contributed by atoms with Crippen molar-refractivity contribution in [1.29, 1.82) is 0 Å². The average Bonchev–Trinajstić information content (AvgIpc) is 2.73. The Labute approximate surface area is 137 Å². The molecular formula is C15H22FNO4S2. The zero-order valence-corrected chi connectivity index (χ0v) is 15.0. The number of rotatable bonds is 5. The SMILES string of the molecule is CCC(C)N[C@H]1CS(=O)(=O)C[C@@H]1S(=O)(=O)c1ccc(F)cc1C. The van der Waals surface area contributed by atoms with Crippen molar-refractivity contribution in [2.45, 2.75) is 49.4 Å². The fraction of sp³-hybridized carbons (Fsp3) is 0.600. The molecule has 3 atom stereocenters. The van der Waals surface area contributed by atoms with E-state index < -0.39 is 42.5 Å². The predicted molar refractivity (Wildman–Crippen MR) is 87.4 cm³/mol. The molecule has 1 aliphatic heterocycles. The number of aryl methyl sites for hydroxylation is 1. The van der Waals surface area contributed by atoms with E-state index in [1.807, 2.05) is 13.8 Å². The van der Waals surface area contributed by atoms with Crippen LogP contribution in [-0.4, -0.2) is 45.7 Å². The van der Waals surface area contributed by atoms with E-state index in [2.05, 4.69) is 5.32 Å². The van der Waals surface area contributed by atoms with Crippen molar-refractivity contribution in [2.24, 2.45) is 0 Å². The van der Waals surface area contributed by atoms with Gasteiger partial charge in [-0.2, -0.15) is 0 Å². The van der Waals surface area contributed by atoms with Crippen LogP contribution in [0.5, 0.6) is 0 Å². The van der Waals surface area contributed by atoms with Crippen molar-refractivity contribution < 1.29 is 21.2 Å². The van der Waals surface area contributed by atoms with Gasteiger partial charge in [0, 0.05) is 12.1 Å². The summed E-state index contributed by atoms with van der Waals surface area (Å²) in [6.45, 7) is 5.34. The van der Waals surface area contributed by atoms with Crippen molar-refractivity contribution >= 4 is 19.7 Å². The lowest BCUT2D eigenvalue weighted by Crippen LogP contribution is -2.46. The summed E-state index contributed by atoms with van der Waals surface area (Å²) in [6.07, 6.45) is 0.763. The van der Waals surface area contributed by atoms with E-state index >= 15 is 0 Å². The zero-order chi connectivity index (χ0) is 17.4. The highest BCUT2D eigenvalue weighted by Gasteiger charge is 2.46. The Bertz CT molecular complexity index is 790. The first-order valence-corrected chi connectivity index (χ1v) is 10.9. The number of nitrogens with one attached hydrogen (secondary N) is 1. The molecule has 1 aromatic rings. The number of hydrogen-bond acceptors (Lipinski definition) is 5. The topological polar surface area (TPSA) is 80.3 Å². The molecule has 8 heteroatoms. The maximum Gasteiger partial charge on any atom is 0.184 e. The molecule has 1 unspecified atom stereocenters. The molecular weight excluding hydrogens is 341 g/mol. The molecule has 0 bridgehead atoms. The highest BCUT2D eigenvalue weighted by Crippen LogP contribution is 2.28. The molecule has 2 rings (SSSR count). The Kier molecular flexibility index (Phi) is 5.18. The lowest BCUT2D eigenvalue weighted by molar-refractivity contribution is 0.456. The minimum Gasteiger partial charge on any atom is -0.309 e. The van der Waals surface area contributed by atoms with Gasteiger partial charge in [-0.15, -0.1) is 0 Å². The van der Waals surface area contributed by atoms with Gasteiger partial charge in [0.05, 0.1) is 21.7 Å². The Morgan fingerprint density at radius 1 is 1.35 bits per heavy atom. The molecule has 130 valence electrons. The smallest absolute Gasteiger partial charge is 0.184 e. The summed E-state index contributed by atoms with van der Waals surface area (Å²) >= 11 is 0. The molecule has 1 saturated heterocycles. The summed E-state index contributed by atoms with van der Waals surface area (Å²) in [5.41, 5.74) is 0.289. The minimum absolute atomic E-state index is 0.00282. The monoisotopic (exact) mass is 363 g/mol. The molecule has 1 aromatic carbocycles. The van der Waals surface area contributed by atoms with Gasteiger partial charge in [0.1, 0.15) is 5.82 Å². The van der Waals surface area contributed by atoms with Crippen molar-refractivity contribution in [3.05, 3.63) is 29.6 Å². The molecule has 23 heavy (non-hydrogen) atoms. The fourth-order valence-corrected chi connectivity index (χ4v) is 7.76. The quantitative estimate of drug-likeness (QED) is 0.801. The highest BCUT2D eigenvalue weighted by molar-refractivity contribution is 7.96.